The van der Waals surface area contributed by atoms with Gasteiger partial charge in [-0.05, 0) is 49.8 Å². The minimum atomic E-state index is 0.0334. The first-order chi connectivity index (χ1) is 10.1. The van der Waals surface area contributed by atoms with Crippen LogP contribution in [0.4, 0.5) is 4.79 Å². The fraction of sp³-hybridized carbons (Fsp3) is 0.588. The predicted molar refractivity (Wildman–Crippen MR) is 84.8 cm³/mol. The van der Waals surface area contributed by atoms with Gasteiger partial charge in [-0.2, -0.15) is 0 Å². The van der Waals surface area contributed by atoms with Crippen molar-refractivity contribution in [3.05, 3.63) is 29.3 Å². The lowest BCUT2D eigenvalue weighted by Gasteiger charge is -2.30. The van der Waals surface area contributed by atoms with Crippen LogP contribution in [0.3, 0.4) is 0 Å². The van der Waals surface area contributed by atoms with Crippen LogP contribution in [0.1, 0.15) is 30.9 Å². The number of hydrogen-bond acceptors (Lipinski definition) is 2. The van der Waals surface area contributed by atoms with Crippen molar-refractivity contribution < 1.29 is 9.53 Å². The van der Waals surface area contributed by atoms with Gasteiger partial charge in [0.2, 0.25) is 0 Å². The summed E-state index contributed by atoms with van der Waals surface area (Å²) in [6.45, 7) is 9.05. The topological polar surface area (TPSA) is 41.6 Å². The Balaban J connectivity index is 1.71. The summed E-state index contributed by atoms with van der Waals surface area (Å²) < 4.78 is 5.74. The average molecular weight is 290 g/mol. The maximum absolute atomic E-state index is 12.0. The van der Waals surface area contributed by atoms with E-state index in [1.165, 1.54) is 12.0 Å². The molecule has 21 heavy (non-hydrogen) atoms. The van der Waals surface area contributed by atoms with Gasteiger partial charge in [-0.3, -0.25) is 0 Å². The number of carbonyl (C=O) groups is 1. The first-order valence-electron chi connectivity index (χ1n) is 7.79. The highest BCUT2D eigenvalue weighted by atomic mass is 16.5. The largest absolute Gasteiger partial charge is 0.491 e. The minimum absolute atomic E-state index is 0.0334. The average Bonchev–Trinajstić information content (AvgIpc) is 2.46. The summed E-state index contributed by atoms with van der Waals surface area (Å²) in [6.07, 6.45) is 2.33. The number of hydrogen-bond donors (Lipinski definition) is 1. The van der Waals surface area contributed by atoms with Gasteiger partial charge in [-0.25, -0.2) is 4.79 Å². The molecule has 0 radical (unpaired) electrons. The highest BCUT2D eigenvalue weighted by molar-refractivity contribution is 5.74. The summed E-state index contributed by atoms with van der Waals surface area (Å²) in [4.78, 5) is 13.9. The van der Waals surface area contributed by atoms with Gasteiger partial charge in [0.15, 0.2) is 0 Å². The van der Waals surface area contributed by atoms with Gasteiger partial charge in [-0.15, -0.1) is 0 Å². The molecule has 0 bridgehead atoms. The summed E-state index contributed by atoms with van der Waals surface area (Å²) in [5.41, 5.74) is 2.30. The molecule has 1 unspecified atom stereocenters. The minimum Gasteiger partial charge on any atom is -0.491 e. The lowest BCUT2D eigenvalue weighted by atomic mass is 10.0. The van der Waals surface area contributed by atoms with E-state index in [-0.39, 0.29) is 6.03 Å². The molecule has 0 saturated carbocycles. The molecule has 1 aliphatic heterocycles. The second-order valence-corrected chi connectivity index (χ2v) is 6.04. The summed E-state index contributed by atoms with van der Waals surface area (Å²) in [5.74, 6) is 1.51. The van der Waals surface area contributed by atoms with Gasteiger partial charge in [0.05, 0.1) is 6.54 Å². The molecular weight excluding hydrogens is 264 g/mol. The van der Waals surface area contributed by atoms with Crippen molar-refractivity contribution in [2.45, 2.75) is 33.6 Å². The number of rotatable bonds is 4. The van der Waals surface area contributed by atoms with Crippen LogP contribution in [0.25, 0.3) is 0 Å². The first kappa shape index (κ1) is 15.7. The molecule has 0 aliphatic carbocycles. The quantitative estimate of drug-likeness (QED) is 0.866. The summed E-state index contributed by atoms with van der Waals surface area (Å²) in [5, 5.41) is 2.94. The Bertz CT molecular complexity index is 488. The molecule has 2 rings (SSSR count). The number of ether oxygens (including phenoxy) is 1. The molecule has 116 valence electrons. The van der Waals surface area contributed by atoms with E-state index in [1.807, 2.05) is 24.8 Å². The van der Waals surface area contributed by atoms with Gasteiger partial charge < -0.3 is 15.0 Å². The second-order valence-electron chi connectivity index (χ2n) is 6.04. The van der Waals surface area contributed by atoms with Crippen LogP contribution in [0.15, 0.2) is 18.2 Å². The van der Waals surface area contributed by atoms with E-state index >= 15 is 0 Å². The Hall–Kier alpha value is -1.71. The number of likely N-dealkylation sites (tertiary alicyclic amines) is 1. The maximum atomic E-state index is 12.0. The van der Waals surface area contributed by atoms with Crippen molar-refractivity contribution >= 4 is 6.03 Å². The highest BCUT2D eigenvalue weighted by Crippen LogP contribution is 2.19. The highest BCUT2D eigenvalue weighted by Gasteiger charge is 2.20. The van der Waals surface area contributed by atoms with Crippen LogP contribution in [0.5, 0.6) is 5.75 Å². The molecule has 1 aromatic carbocycles. The third kappa shape index (κ3) is 4.66. The van der Waals surface area contributed by atoms with Crippen molar-refractivity contribution in [3.63, 3.8) is 0 Å². The Labute approximate surface area is 127 Å². The molecule has 1 heterocycles. The molecule has 1 fully saturated rings. The van der Waals surface area contributed by atoms with Gasteiger partial charge in [-0.1, -0.05) is 19.1 Å². The van der Waals surface area contributed by atoms with E-state index in [2.05, 4.69) is 24.4 Å². The number of urea groups is 1. The smallest absolute Gasteiger partial charge is 0.317 e. The van der Waals surface area contributed by atoms with Crippen LogP contribution in [0, 0.1) is 19.8 Å². The molecule has 1 atom stereocenters. The van der Waals surface area contributed by atoms with Crippen LogP contribution in [-0.4, -0.2) is 37.2 Å². The Morgan fingerprint density at radius 2 is 2.24 bits per heavy atom. The van der Waals surface area contributed by atoms with Crippen molar-refractivity contribution in [2.24, 2.45) is 5.92 Å². The van der Waals surface area contributed by atoms with Crippen molar-refractivity contribution in [1.82, 2.24) is 10.2 Å². The number of amides is 2. The molecule has 1 N–H and O–H groups in total. The van der Waals surface area contributed by atoms with Crippen LogP contribution in [0.2, 0.25) is 0 Å². The molecule has 0 spiro atoms. The monoisotopic (exact) mass is 290 g/mol. The molecule has 1 aromatic rings. The van der Waals surface area contributed by atoms with E-state index in [0.717, 1.165) is 30.8 Å². The molecule has 4 heteroatoms. The third-order valence-electron chi connectivity index (χ3n) is 3.92. The molecule has 1 aliphatic rings. The van der Waals surface area contributed by atoms with Crippen LogP contribution >= 0.6 is 0 Å². The molecule has 0 aromatic heterocycles. The van der Waals surface area contributed by atoms with Gasteiger partial charge in [0.25, 0.3) is 0 Å². The maximum Gasteiger partial charge on any atom is 0.317 e. The van der Waals surface area contributed by atoms with E-state index in [0.29, 0.717) is 19.1 Å². The van der Waals surface area contributed by atoms with Crippen LogP contribution < -0.4 is 10.1 Å². The fourth-order valence-electron chi connectivity index (χ4n) is 2.67. The van der Waals surface area contributed by atoms with Crippen molar-refractivity contribution in [1.29, 1.82) is 0 Å². The third-order valence-corrected chi connectivity index (χ3v) is 3.92. The molecular formula is C17H26N2O2. The SMILES string of the molecule is Cc1ccc(C)c(OCCNC(=O)N2CCCC(C)C2)c1. The molecule has 2 amide bonds. The Morgan fingerprint density at radius 3 is 3.00 bits per heavy atom. The lowest BCUT2D eigenvalue weighted by molar-refractivity contribution is 0.167. The number of aryl methyl sites for hydroxylation is 2. The summed E-state index contributed by atoms with van der Waals surface area (Å²) in [7, 11) is 0. The zero-order valence-electron chi connectivity index (χ0n) is 13.3. The van der Waals surface area contributed by atoms with E-state index in [4.69, 9.17) is 4.74 Å². The number of piperidine rings is 1. The second kappa shape index (κ2) is 7.34. The van der Waals surface area contributed by atoms with Gasteiger partial charge in [0, 0.05) is 13.1 Å². The van der Waals surface area contributed by atoms with Crippen molar-refractivity contribution in [2.75, 3.05) is 26.2 Å². The summed E-state index contributed by atoms with van der Waals surface area (Å²) >= 11 is 0. The Morgan fingerprint density at radius 1 is 1.43 bits per heavy atom. The van der Waals surface area contributed by atoms with Crippen molar-refractivity contribution in [3.8, 4) is 5.75 Å². The number of nitrogens with zero attached hydrogens (tertiary/aromatic N) is 1. The van der Waals surface area contributed by atoms with E-state index in [1.54, 1.807) is 0 Å². The predicted octanol–water partition coefficient (Wildman–Crippen LogP) is 3.12. The van der Waals surface area contributed by atoms with E-state index < -0.39 is 0 Å². The fourth-order valence-corrected chi connectivity index (χ4v) is 2.67. The zero-order valence-corrected chi connectivity index (χ0v) is 13.3. The normalized spacial score (nSPS) is 18.4. The van der Waals surface area contributed by atoms with Gasteiger partial charge in [0.1, 0.15) is 12.4 Å². The Kier molecular flexibility index (Phi) is 5.48. The zero-order chi connectivity index (χ0) is 15.2. The van der Waals surface area contributed by atoms with Gasteiger partial charge >= 0.3 is 6.03 Å². The number of benzene rings is 1. The van der Waals surface area contributed by atoms with E-state index in [9.17, 15) is 4.79 Å². The molecule has 1 saturated heterocycles. The number of nitrogens with one attached hydrogen (secondary N) is 1. The van der Waals surface area contributed by atoms with Crippen LogP contribution in [-0.2, 0) is 0 Å². The lowest BCUT2D eigenvalue weighted by Crippen LogP contribution is -2.45. The first-order valence-corrected chi connectivity index (χ1v) is 7.79. The summed E-state index contributed by atoms with van der Waals surface area (Å²) in [6, 6.07) is 6.19. The number of carbonyl (C=O) groups excluding carboxylic acids is 1. The standard InChI is InChI=1S/C17H26N2O2/c1-13-6-7-15(3)16(11-13)21-10-8-18-17(20)19-9-4-5-14(2)12-19/h6-7,11,14H,4-5,8-10,12H2,1-3H3,(H,18,20). The molecule has 4 nitrogen and oxygen atoms in total.